The third kappa shape index (κ3) is 1.10. The minimum atomic E-state index is -0.848. The van der Waals surface area contributed by atoms with Gasteiger partial charge in [-0.05, 0) is 13.0 Å². The van der Waals surface area contributed by atoms with Crippen molar-refractivity contribution in [2.45, 2.75) is 13.0 Å². The Morgan fingerprint density at radius 1 is 1.67 bits per heavy atom. The summed E-state index contributed by atoms with van der Waals surface area (Å²) in [6.45, 7) is 1.68. The van der Waals surface area contributed by atoms with Gasteiger partial charge in [-0.2, -0.15) is 0 Å². The number of amides is 1. The number of hydrogen-bond donors (Lipinski definition) is 3. The summed E-state index contributed by atoms with van der Waals surface area (Å²) < 4.78 is 0. The lowest BCUT2D eigenvalue weighted by molar-refractivity contribution is -0.125. The van der Waals surface area contributed by atoms with Crippen LogP contribution in [-0.4, -0.2) is 11.9 Å². The number of nitrogens with two attached hydrogens (primary N) is 3. The van der Waals surface area contributed by atoms with Gasteiger partial charge in [-0.3, -0.25) is 4.79 Å². The highest BCUT2D eigenvalue weighted by molar-refractivity contribution is 5.84. The molecule has 0 heterocycles. The highest BCUT2D eigenvalue weighted by Crippen LogP contribution is 2.27. The van der Waals surface area contributed by atoms with Crippen molar-refractivity contribution in [2.24, 2.45) is 22.6 Å². The molecule has 0 aliphatic heterocycles. The van der Waals surface area contributed by atoms with Gasteiger partial charge in [0, 0.05) is 5.70 Å². The van der Waals surface area contributed by atoms with Crippen LogP contribution in [-0.2, 0) is 4.79 Å². The van der Waals surface area contributed by atoms with Crippen molar-refractivity contribution in [3.05, 3.63) is 23.9 Å². The fraction of sp³-hybridized carbons (Fsp3) is 0.375. The molecule has 0 saturated carbocycles. The summed E-state index contributed by atoms with van der Waals surface area (Å²) in [6, 6.07) is -0.514. The molecule has 0 bridgehead atoms. The number of carbonyl (C=O) groups is 1. The topological polar surface area (TPSA) is 95.1 Å². The van der Waals surface area contributed by atoms with Crippen molar-refractivity contribution >= 4 is 5.91 Å². The summed E-state index contributed by atoms with van der Waals surface area (Å²) in [5, 5.41) is 0. The van der Waals surface area contributed by atoms with Crippen molar-refractivity contribution in [2.75, 3.05) is 0 Å². The van der Waals surface area contributed by atoms with Crippen LogP contribution in [0.25, 0.3) is 0 Å². The maximum atomic E-state index is 11.0. The van der Waals surface area contributed by atoms with Crippen LogP contribution in [0.5, 0.6) is 0 Å². The van der Waals surface area contributed by atoms with Crippen molar-refractivity contribution in [1.29, 1.82) is 0 Å². The number of hydrogen-bond acceptors (Lipinski definition) is 3. The molecule has 12 heavy (non-hydrogen) atoms. The highest BCUT2D eigenvalue weighted by Gasteiger charge is 2.37. The Bertz CT molecular complexity index is 269. The molecule has 6 N–H and O–H groups in total. The van der Waals surface area contributed by atoms with Gasteiger partial charge in [0.1, 0.15) is 0 Å². The molecule has 1 rings (SSSR count). The quantitative estimate of drug-likeness (QED) is 0.478. The molecular formula is C8H13N3O. The average molecular weight is 167 g/mol. The molecule has 0 aromatic rings. The first-order valence-corrected chi connectivity index (χ1v) is 3.69. The average Bonchev–Trinajstić information content (AvgIpc) is 2.00. The Morgan fingerprint density at radius 3 is 2.67 bits per heavy atom. The molecule has 0 aromatic heterocycles. The summed E-state index contributed by atoms with van der Waals surface area (Å²) in [7, 11) is 0. The maximum absolute atomic E-state index is 11.0. The van der Waals surface area contributed by atoms with Gasteiger partial charge >= 0.3 is 0 Å². The SMILES string of the molecule is CC1(C(N)=O)C=CC=C(N)C1N. The number of primary amides is 1. The van der Waals surface area contributed by atoms with Gasteiger partial charge in [-0.1, -0.05) is 12.2 Å². The number of carbonyl (C=O) groups excluding carboxylic acids is 1. The zero-order valence-corrected chi connectivity index (χ0v) is 6.95. The Labute approximate surface area is 71.1 Å². The Kier molecular flexibility index (Phi) is 1.94. The van der Waals surface area contributed by atoms with Gasteiger partial charge in [0.2, 0.25) is 5.91 Å². The van der Waals surface area contributed by atoms with E-state index in [-0.39, 0.29) is 0 Å². The molecular weight excluding hydrogens is 154 g/mol. The molecule has 66 valence electrons. The lowest BCUT2D eigenvalue weighted by Gasteiger charge is -2.31. The molecule has 4 nitrogen and oxygen atoms in total. The Balaban J connectivity index is 3.03. The second-order valence-electron chi connectivity index (χ2n) is 3.15. The molecule has 0 aromatic carbocycles. The molecule has 2 unspecified atom stereocenters. The largest absolute Gasteiger partial charge is 0.401 e. The van der Waals surface area contributed by atoms with Crippen LogP contribution >= 0.6 is 0 Å². The van der Waals surface area contributed by atoms with Crippen molar-refractivity contribution < 1.29 is 4.79 Å². The van der Waals surface area contributed by atoms with Crippen molar-refractivity contribution in [3.8, 4) is 0 Å². The molecule has 0 spiro atoms. The van der Waals surface area contributed by atoms with E-state index in [1.54, 1.807) is 25.2 Å². The first kappa shape index (κ1) is 8.80. The van der Waals surface area contributed by atoms with E-state index in [2.05, 4.69) is 0 Å². The van der Waals surface area contributed by atoms with Crippen LogP contribution in [0.3, 0.4) is 0 Å². The Morgan fingerprint density at radius 2 is 2.25 bits per heavy atom. The van der Waals surface area contributed by atoms with Crippen LogP contribution in [0.2, 0.25) is 0 Å². The normalized spacial score (nSPS) is 34.5. The van der Waals surface area contributed by atoms with Gasteiger partial charge in [0.25, 0.3) is 0 Å². The summed E-state index contributed by atoms with van der Waals surface area (Å²) in [5.74, 6) is -0.456. The third-order valence-electron chi connectivity index (χ3n) is 2.27. The Hall–Kier alpha value is -1.29. The van der Waals surface area contributed by atoms with Crippen molar-refractivity contribution in [1.82, 2.24) is 0 Å². The molecule has 1 amide bonds. The van der Waals surface area contributed by atoms with E-state index >= 15 is 0 Å². The molecule has 2 atom stereocenters. The molecule has 4 heteroatoms. The van der Waals surface area contributed by atoms with Gasteiger partial charge in [-0.15, -0.1) is 0 Å². The molecule has 0 radical (unpaired) electrons. The number of allylic oxidation sites excluding steroid dienone is 2. The van der Waals surface area contributed by atoms with E-state index in [1.807, 2.05) is 0 Å². The van der Waals surface area contributed by atoms with E-state index in [4.69, 9.17) is 17.2 Å². The predicted molar refractivity (Wildman–Crippen MR) is 46.7 cm³/mol. The predicted octanol–water partition coefficient (Wildman–Crippen LogP) is -0.782. The second kappa shape index (κ2) is 2.64. The number of rotatable bonds is 1. The summed E-state index contributed by atoms with van der Waals surface area (Å²) in [4.78, 5) is 11.0. The second-order valence-corrected chi connectivity index (χ2v) is 3.15. The maximum Gasteiger partial charge on any atom is 0.229 e. The fourth-order valence-electron chi connectivity index (χ4n) is 1.15. The smallest absolute Gasteiger partial charge is 0.229 e. The first-order valence-electron chi connectivity index (χ1n) is 3.69. The van der Waals surface area contributed by atoms with Crippen LogP contribution in [0.4, 0.5) is 0 Å². The van der Waals surface area contributed by atoms with Gasteiger partial charge < -0.3 is 17.2 Å². The van der Waals surface area contributed by atoms with Gasteiger partial charge in [0.15, 0.2) is 0 Å². The standard InChI is InChI=1S/C8H13N3O/c1-8(7(11)12)4-2-3-5(9)6(8)10/h2-4,6H,9-10H2,1H3,(H2,11,12). The fourth-order valence-corrected chi connectivity index (χ4v) is 1.15. The van der Waals surface area contributed by atoms with Gasteiger partial charge in [0.05, 0.1) is 11.5 Å². The lowest BCUT2D eigenvalue weighted by atomic mass is 9.77. The summed E-state index contributed by atoms with van der Waals surface area (Å²) >= 11 is 0. The minimum Gasteiger partial charge on any atom is -0.401 e. The zero-order valence-electron chi connectivity index (χ0n) is 6.95. The molecule has 1 aliphatic carbocycles. The molecule has 0 fully saturated rings. The monoisotopic (exact) mass is 167 g/mol. The van der Waals surface area contributed by atoms with Crippen molar-refractivity contribution in [3.63, 3.8) is 0 Å². The van der Waals surface area contributed by atoms with E-state index < -0.39 is 17.4 Å². The highest BCUT2D eigenvalue weighted by atomic mass is 16.1. The third-order valence-corrected chi connectivity index (χ3v) is 2.27. The van der Waals surface area contributed by atoms with E-state index in [0.29, 0.717) is 5.70 Å². The van der Waals surface area contributed by atoms with Crippen LogP contribution < -0.4 is 17.2 Å². The molecule has 0 saturated heterocycles. The lowest BCUT2D eigenvalue weighted by Crippen LogP contribution is -2.51. The summed E-state index contributed by atoms with van der Waals surface area (Å²) in [6.07, 6.45) is 5.05. The molecule has 1 aliphatic rings. The van der Waals surface area contributed by atoms with Crippen LogP contribution in [0.15, 0.2) is 23.9 Å². The van der Waals surface area contributed by atoms with E-state index in [1.165, 1.54) is 0 Å². The summed E-state index contributed by atoms with van der Waals surface area (Å²) in [5.41, 5.74) is 16.1. The van der Waals surface area contributed by atoms with E-state index in [9.17, 15) is 4.79 Å². The van der Waals surface area contributed by atoms with Crippen LogP contribution in [0, 0.1) is 5.41 Å². The van der Waals surface area contributed by atoms with Crippen LogP contribution in [0.1, 0.15) is 6.92 Å². The first-order chi connectivity index (χ1) is 5.48. The van der Waals surface area contributed by atoms with Gasteiger partial charge in [-0.25, -0.2) is 0 Å². The minimum absolute atomic E-state index is 0.456. The van der Waals surface area contributed by atoms with E-state index in [0.717, 1.165) is 0 Å². The zero-order chi connectivity index (χ0) is 9.35.